The van der Waals surface area contributed by atoms with Crippen molar-refractivity contribution in [1.29, 1.82) is 0 Å². The Labute approximate surface area is 262 Å². The second-order valence-corrected chi connectivity index (χ2v) is 11.5. The Morgan fingerprint density at radius 1 is 1.09 bits per heavy atom. The van der Waals surface area contributed by atoms with Gasteiger partial charge in [-0.15, -0.1) is 5.06 Å². The van der Waals surface area contributed by atoms with Crippen LogP contribution >= 0.6 is 0 Å². The fourth-order valence-corrected chi connectivity index (χ4v) is 4.28. The Balaban J connectivity index is 0.00000330. The lowest BCUT2D eigenvalue weighted by Gasteiger charge is -2.33. The molecule has 0 radical (unpaired) electrons. The van der Waals surface area contributed by atoms with E-state index in [1.165, 1.54) is 24.3 Å². The number of benzene rings is 2. The van der Waals surface area contributed by atoms with Gasteiger partial charge in [-0.1, -0.05) is 44.2 Å². The van der Waals surface area contributed by atoms with Crippen molar-refractivity contribution in [3.05, 3.63) is 70.3 Å². The molecule has 1 fully saturated rings. The predicted molar refractivity (Wildman–Crippen MR) is 162 cm³/mol. The van der Waals surface area contributed by atoms with Gasteiger partial charge in [-0.2, -0.15) is 4.21 Å². The molecule has 1 heterocycles. The molecule has 14 heteroatoms. The van der Waals surface area contributed by atoms with Crippen LogP contribution in [0.25, 0.3) is 0 Å². The lowest BCUT2D eigenvalue weighted by Crippen LogP contribution is -2.53. The first-order valence-corrected chi connectivity index (χ1v) is 14.5. The number of hydroxylamine groups is 2. The number of ether oxygens (including phenoxy) is 4. The molecule has 242 valence electrons. The zero-order valence-electron chi connectivity index (χ0n) is 25.6. The van der Waals surface area contributed by atoms with Gasteiger partial charge in [-0.05, 0) is 50.8 Å². The maximum atomic E-state index is 13.0. The molecular formula is C30H41N3O10S. The molecule has 0 aliphatic carbocycles. The Bertz CT molecular complexity index is 1170. The number of amides is 1. The Kier molecular flexibility index (Phi) is 14.9. The van der Waals surface area contributed by atoms with Crippen LogP contribution in [0.4, 0.5) is 15.3 Å². The van der Waals surface area contributed by atoms with Gasteiger partial charge in [0.05, 0.1) is 30.7 Å². The van der Waals surface area contributed by atoms with Crippen molar-refractivity contribution in [3.8, 4) is 5.75 Å². The molecule has 0 aromatic heterocycles. The van der Waals surface area contributed by atoms with Crippen molar-refractivity contribution in [2.24, 2.45) is 5.92 Å². The number of alkyl carbamates (subject to hydrolysis) is 1. The molecule has 3 atom stereocenters. The fourth-order valence-electron chi connectivity index (χ4n) is 4.28. The summed E-state index contributed by atoms with van der Waals surface area (Å²) in [5.74, 6) is 0.503. The van der Waals surface area contributed by atoms with E-state index in [0.717, 1.165) is 5.56 Å². The standard InChI is InChI=1S/C30H41N3O9.OS/c1-21(2)18-32(42-24-13-11-23(12-14-24)33(36)37)19-27(40-29(35)39-25-15-16-38-20-25)26(17-22-9-7-6-8-10-22)31-28(34)41-30(3,4)5;1-2/h6-14,21,25-27H,15-20H2,1-5H3,(H,31,34);/t25?,26-,27+;/m0./s1. The van der Waals surface area contributed by atoms with E-state index in [1.54, 1.807) is 25.8 Å². The van der Waals surface area contributed by atoms with Crippen LogP contribution < -0.4 is 10.2 Å². The molecule has 1 aliphatic heterocycles. The molecule has 0 spiro atoms. The molecule has 1 aliphatic rings. The van der Waals surface area contributed by atoms with Gasteiger partial charge in [-0.25, -0.2) is 9.59 Å². The first-order valence-electron chi connectivity index (χ1n) is 14.2. The highest BCUT2D eigenvalue weighted by atomic mass is 32.1. The normalized spacial score (nSPS) is 15.8. The minimum atomic E-state index is -0.940. The van der Waals surface area contributed by atoms with Crippen molar-refractivity contribution in [2.75, 3.05) is 26.3 Å². The van der Waals surface area contributed by atoms with Crippen LogP contribution in [0.5, 0.6) is 5.75 Å². The number of non-ortho nitro benzene ring substituents is 1. The third-order valence-corrected chi connectivity index (χ3v) is 6.08. The highest BCUT2D eigenvalue weighted by Crippen LogP contribution is 2.21. The van der Waals surface area contributed by atoms with Crippen LogP contribution in [0.2, 0.25) is 0 Å². The topological polar surface area (TPSA) is 156 Å². The second kappa shape index (κ2) is 18.0. The Hall–Kier alpha value is -3.88. The summed E-state index contributed by atoms with van der Waals surface area (Å²) in [4.78, 5) is 42.6. The quantitative estimate of drug-likeness (QED) is 0.180. The zero-order valence-corrected chi connectivity index (χ0v) is 26.4. The van der Waals surface area contributed by atoms with Crippen molar-refractivity contribution in [2.45, 2.75) is 71.3 Å². The maximum absolute atomic E-state index is 13.0. The number of carbonyl (C=O) groups is 2. The molecular weight excluding hydrogens is 594 g/mol. The number of hydrogen-bond acceptors (Lipinski definition) is 12. The third-order valence-electron chi connectivity index (χ3n) is 6.08. The lowest BCUT2D eigenvalue weighted by molar-refractivity contribution is -0.384. The van der Waals surface area contributed by atoms with Crippen molar-refractivity contribution >= 4 is 30.5 Å². The number of hydrogen-bond donors (Lipinski definition) is 1. The van der Waals surface area contributed by atoms with E-state index in [4.69, 9.17) is 28.0 Å². The minimum Gasteiger partial charge on any atom is -0.444 e. The van der Waals surface area contributed by atoms with Crippen LogP contribution in [-0.4, -0.2) is 76.6 Å². The number of nitro groups is 1. The summed E-state index contributed by atoms with van der Waals surface area (Å²) in [7, 11) is 0. The number of nitrogens with zero attached hydrogens (tertiary/aromatic N) is 2. The molecule has 1 unspecified atom stereocenters. The SMILES string of the molecule is CC(C)CN(C[C@@H](OC(=O)OC1CCOC1)[C@H](Cc1ccccc1)NC(=O)OC(C)(C)C)Oc1ccc([N+](=O)[O-])cc1.O=S. The Morgan fingerprint density at radius 3 is 2.30 bits per heavy atom. The number of nitrogens with one attached hydrogen (secondary N) is 1. The van der Waals surface area contributed by atoms with Crippen LogP contribution in [0.1, 0.15) is 46.6 Å². The molecule has 44 heavy (non-hydrogen) atoms. The molecule has 3 rings (SSSR count). The first-order chi connectivity index (χ1) is 20.9. The van der Waals surface area contributed by atoms with E-state index in [-0.39, 0.29) is 24.8 Å². The van der Waals surface area contributed by atoms with Gasteiger partial charge in [0.1, 0.15) is 23.6 Å². The summed E-state index contributed by atoms with van der Waals surface area (Å²) in [6.45, 7) is 10.5. The van der Waals surface area contributed by atoms with Crippen LogP contribution in [0, 0.1) is 16.0 Å². The summed E-state index contributed by atoms with van der Waals surface area (Å²) >= 11 is 2.83. The summed E-state index contributed by atoms with van der Waals surface area (Å²) in [5.41, 5.74) is 0.0838. The van der Waals surface area contributed by atoms with Gasteiger partial charge in [-0.3, -0.25) is 10.1 Å². The average Bonchev–Trinajstić information content (AvgIpc) is 3.46. The minimum absolute atomic E-state index is 0.0404. The van der Waals surface area contributed by atoms with E-state index in [1.807, 2.05) is 44.2 Å². The zero-order chi connectivity index (χ0) is 32.7. The van der Waals surface area contributed by atoms with Crippen molar-refractivity contribution < 1.29 is 42.5 Å². The fraction of sp³-hybridized carbons (Fsp3) is 0.533. The number of carbonyl (C=O) groups excluding carboxylic acids is 2. The van der Waals surface area contributed by atoms with Crippen LogP contribution in [0.3, 0.4) is 0 Å². The predicted octanol–water partition coefficient (Wildman–Crippen LogP) is 4.96. The monoisotopic (exact) mass is 635 g/mol. The van der Waals surface area contributed by atoms with Gasteiger partial charge in [0.2, 0.25) is 0 Å². The number of nitro benzene ring substituents is 1. The van der Waals surface area contributed by atoms with E-state index in [9.17, 15) is 19.7 Å². The van der Waals surface area contributed by atoms with E-state index in [0.29, 0.717) is 31.7 Å². The van der Waals surface area contributed by atoms with E-state index in [2.05, 4.69) is 17.9 Å². The van der Waals surface area contributed by atoms with Gasteiger partial charge in [0.15, 0.2) is 12.5 Å². The molecule has 2 aromatic carbocycles. The third kappa shape index (κ3) is 13.6. The molecule has 13 nitrogen and oxygen atoms in total. The molecule has 1 amide bonds. The van der Waals surface area contributed by atoms with Crippen LogP contribution in [-0.2, 0) is 37.9 Å². The molecule has 2 aromatic rings. The largest absolute Gasteiger partial charge is 0.509 e. The lowest BCUT2D eigenvalue weighted by atomic mass is 10.0. The summed E-state index contributed by atoms with van der Waals surface area (Å²) in [5, 5.41) is 15.6. The van der Waals surface area contributed by atoms with Gasteiger partial charge >= 0.3 is 12.2 Å². The van der Waals surface area contributed by atoms with E-state index < -0.39 is 41.0 Å². The van der Waals surface area contributed by atoms with Crippen molar-refractivity contribution in [1.82, 2.24) is 10.4 Å². The molecule has 0 bridgehead atoms. The molecule has 1 N–H and O–H groups in total. The smallest absolute Gasteiger partial charge is 0.444 e. The average molecular weight is 636 g/mol. The summed E-state index contributed by atoms with van der Waals surface area (Å²) < 4.78 is 30.0. The molecule has 0 saturated carbocycles. The van der Waals surface area contributed by atoms with Gasteiger partial charge in [0, 0.05) is 25.1 Å². The van der Waals surface area contributed by atoms with Crippen molar-refractivity contribution in [3.63, 3.8) is 0 Å². The van der Waals surface area contributed by atoms with Crippen LogP contribution in [0.15, 0.2) is 54.6 Å². The maximum Gasteiger partial charge on any atom is 0.509 e. The summed E-state index contributed by atoms with van der Waals surface area (Å²) in [6.07, 6.45) is -2.04. The van der Waals surface area contributed by atoms with Gasteiger partial charge < -0.3 is 29.1 Å². The highest BCUT2D eigenvalue weighted by Gasteiger charge is 2.33. The van der Waals surface area contributed by atoms with Gasteiger partial charge in [0.25, 0.3) is 5.69 Å². The summed E-state index contributed by atoms with van der Waals surface area (Å²) in [6, 6.07) is 14.4. The molecule has 1 saturated heterocycles. The number of rotatable bonds is 13. The Morgan fingerprint density at radius 2 is 1.75 bits per heavy atom. The highest BCUT2D eigenvalue weighted by molar-refractivity contribution is 7.44. The second-order valence-electron chi connectivity index (χ2n) is 11.5. The first kappa shape index (κ1) is 36.3. The van der Waals surface area contributed by atoms with E-state index >= 15 is 0 Å².